The van der Waals surface area contributed by atoms with Gasteiger partial charge in [-0.1, -0.05) is 17.7 Å². The van der Waals surface area contributed by atoms with Gasteiger partial charge in [0.25, 0.3) is 5.91 Å². The molecule has 1 saturated heterocycles. The van der Waals surface area contributed by atoms with Crippen LogP contribution in [0.4, 0.5) is 0 Å². The summed E-state index contributed by atoms with van der Waals surface area (Å²) < 4.78 is 28.0. The normalized spacial score (nSPS) is 20.2. The first kappa shape index (κ1) is 16.1. The highest BCUT2D eigenvalue weighted by Gasteiger charge is 2.27. The number of ether oxygens (including phenoxy) is 1. The van der Waals surface area contributed by atoms with Crippen LogP contribution in [-0.4, -0.2) is 39.0 Å². The van der Waals surface area contributed by atoms with Gasteiger partial charge >= 0.3 is 0 Å². The Kier molecular flexibility index (Phi) is 5.11. The fourth-order valence-corrected chi connectivity index (χ4v) is 4.24. The fraction of sp³-hybridized carbons (Fsp3) is 0.500. The average molecular weight is 332 g/mol. The molecule has 0 aliphatic carbocycles. The smallest absolute Gasteiger partial charge is 0.257 e. The Morgan fingerprint density at radius 3 is 2.90 bits per heavy atom. The lowest BCUT2D eigenvalue weighted by Crippen LogP contribution is -2.33. The third-order valence-corrected chi connectivity index (χ3v) is 5.51. The van der Waals surface area contributed by atoms with Crippen molar-refractivity contribution < 1.29 is 17.9 Å². The molecule has 2 rings (SSSR count). The van der Waals surface area contributed by atoms with Crippen molar-refractivity contribution in [2.45, 2.75) is 13.3 Å². The molecule has 21 heavy (non-hydrogen) atoms. The number of carbonyl (C=O) groups is 1. The van der Waals surface area contributed by atoms with Crippen LogP contribution in [0.15, 0.2) is 18.2 Å². The largest absolute Gasteiger partial charge is 0.482 e. The summed E-state index contributed by atoms with van der Waals surface area (Å²) in [5, 5.41) is 3.15. The number of carbonyl (C=O) groups excluding carboxylic acids is 1. The number of benzene rings is 1. The first-order chi connectivity index (χ1) is 9.85. The molecule has 0 aromatic heterocycles. The number of sulfone groups is 1. The molecule has 0 bridgehead atoms. The summed E-state index contributed by atoms with van der Waals surface area (Å²) in [6.45, 7) is 2.13. The molecule has 7 heteroatoms. The molecule has 0 saturated carbocycles. The number of hydrogen-bond donors (Lipinski definition) is 1. The van der Waals surface area contributed by atoms with Gasteiger partial charge in [-0.25, -0.2) is 8.42 Å². The lowest BCUT2D eigenvalue weighted by atomic mass is 10.1. The maximum atomic E-state index is 11.7. The van der Waals surface area contributed by atoms with Gasteiger partial charge in [0.2, 0.25) is 0 Å². The van der Waals surface area contributed by atoms with Crippen LogP contribution < -0.4 is 10.1 Å². The van der Waals surface area contributed by atoms with E-state index in [0.717, 1.165) is 5.56 Å². The van der Waals surface area contributed by atoms with Gasteiger partial charge in [0, 0.05) is 6.54 Å². The first-order valence-corrected chi connectivity index (χ1v) is 8.92. The van der Waals surface area contributed by atoms with E-state index in [1.165, 1.54) is 0 Å². The van der Waals surface area contributed by atoms with Gasteiger partial charge in [0.15, 0.2) is 16.4 Å². The van der Waals surface area contributed by atoms with Crippen molar-refractivity contribution in [1.29, 1.82) is 0 Å². The zero-order valence-corrected chi connectivity index (χ0v) is 13.3. The summed E-state index contributed by atoms with van der Waals surface area (Å²) in [7, 11) is -2.91. The Morgan fingerprint density at radius 1 is 1.48 bits per heavy atom. The van der Waals surface area contributed by atoms with Crippen LogP contribution in [-0.2, 0) is 14.6 Å². The summed E-state index contributed by atoms with van der Waals surface area (Å²) in [6.07, 6.45) is 0.604. The molecule has 1 aliphatic heterocycles. The highest BCUT2D eigenvalue weighted by Crippen LogP contribution is 2.25. The molecule has 1 atom stereocenters. The Labute approximate surface area is 129 Å². The summed E-state index contributed by atoms with van der Waals surface area (Å²) >= 11 is 5.97. The minimum absolute atomic E-state index is 0.00140. The Hall–Kier alpha value is -1.27. The van der Waals surface area contributed by atoms with Gasteiger partial charge < -0.3 is 10.1 Å². The zero-order valence-electron chi connectivity index (χ0n) is 11.8. The van der Waals surface area contributed by atoms with E-state index in [9.17, 15) is 13.2 Å². The lowest BCUT2D eigenvalue weighted by molar-refractivity contribution is -0.123. The van der Waals surface area contributed by atoms with Crippen molar-refractivity contribution >= 4 is 27.3 Å². The predicted octanol–water partition coefficient (Wildman–Crippen LogP) is 1.58. The third-order valence-electron chi connectivity index (χ3n) is 3.36. The van der Waals surface area contributed by atoms with Crippen molar-refractivity contribution in [3.63, 3.8) is 0 Å². The van der Waals surface area contributed by atoms with Crippen molar-refractivity contribution in [2.24, 2.45) is 5.92 Å². The lowest BCUT2D eigenvalue weighted by Gasteiger charge is -2.11. The minimum atomic E-state index is -2.91. The summed E-state index contributed by atoms with van der Waals surface area (Å²) in [5.41, 5.74) is 0.992. The van der Waals surface area contributed by atoms with E-state index in [1.54, 1.807) is 12.1 Å². The van der Waals surface area contributed by atoms with E-state index in [2.05, 4.69) is 5.32 Å². The second-order valence-electron chi connectivity index (χ2n) is 5.30. The van der Waals surface area contributed by atoms with Crippen molar-refractivity contribution in [1.82, 2.24) is 5.32 Å². The minimum Gasteiger partial charge on any atom is -0.482 e. The molecular formula is C14H18ClNO4S. The van der Waals surface area contributed by atoms with E-state index < -0.39 is 9.84 Å². The average Bonchev–Trinajstić information content (AvgIpc) is 2.77. The molecule has 116 valence electrons. The first-order valence-electron chi connectivity index (χ1n) is 6.72. The van der Waals surface area contributed by atoms with Crippen LogP contribution in [0, 0.1) is 12.8 Å². The number of halogens is 1. The molecular weight excluding hydrogens is 314 g/mol. The topological polar surface area (TPSA) is 72.5 Å². The maximum Gasteiger partial charge on any atom is 0.257 e. The van der Waals surface area contributed by atoms with Crippen molar-refractivity contribution in [2.75, 3.05) is 24.7 Å². The fourth-order valence-electron chi connectivity index (χ4n) is 2.21. The highest BCUT2D eigenvalue weighted by molar-refractivity contribution is 7.91. The van der Waals surface area contributed by atoms with Gasteiger partial charge in [0.1, 0.15) is 5.75 Å². The Balaban J connectivity index is 1.76. The molecule has 1 aliphatic rings. The Bertz CT molecular complexity index is 630. The monoisotopic (exact) mass is 331 g/mol. The number of nitrogens with one attached hydrogen (secondary N) is 1. The van der Waals surface area contributed by atoms with Crippen LogP contribution in [0.1, 0.15) is 12.0 Å². The van der Waals surface area contributed by atoms with Gasteiger partial charge in [-0.15, -0.1) is 0 Å². The van der Waals surface area contributed by atoms with E-state index in [4.69, 9.17) is 16.3 Å². The number of amides is 1. The molecule has 1 aromatic rings. The summed E-state index contributed by atoms with van der Waals surface area (Å²) in [6, 6.07) is 5.34. The van der Waals surface area contributed by atoms with Gasteiger partial charge in [0.05, 0.1) is 16.5 Å². The number of rotatable bonds is 5. The Morgan fingerprint density at radius 2 is 2.24 bits per heavy atom. The second kappa shape index (κ2) is 6.66. The zero-order chi connectivity index (χ0) is 15.5. The molecule has 1 fully saturated rings. The van der Waals surface area contributed by atoms with Crippen LogP contribution in [0.2, 0.25) is 5.02 Å². The number of hydrogen-bond acceptors (Lipinski definition) is 4. The van der Waals surface area contributed by atoms with Gasteiger partial charge in [-0.2, -0.15) is 0 Å². The van der Waals surface area contributed by atoms with E-state index in [0.29, 0.717) is 23.7 Å². The quantitative estimate of drug-likeness (QED) is 0.889. The maximum absolute atomic E-state index is 11.7. The molecule has 1 aromatic carbocycles. The van der Waals surface area contributed by atoms with Crippen LogP contribution in [0.25, 0.3) is 0 Å². The van der Waals surface area contributed by atoms with Crippen LogP contribution in [0.3, 0.4) is 0 Å². The van der Waals surface area contributed by atoms with Crippen LogP contribution >= 0.6 is 11.6 Å². The molecule has 1 amide bonds. The predicted molar refractivity (Wildman–Crippen MR) is 81.5 cm³/mol. The summed E-state index contributed by atoms with van der Waals surface area (Å²) in [5.74, 6) is 0.550. The molecule has 0 spiro atoms. The van der Waals surface area contributed by atoms with Gasteiger partial charge in [-0.05, 0) is 37.0 Å². The van der Waals surface area contributed by atoms with E-state index in [1.807, 2.05) is 13.0 Å². The number of aryl methyl sites for hydroxylation is 1. The standard InChI is InChI=1S/C14H18ClNO4S/c1-10-2-3-12(15)13(6-10)20-8-14(17)16-7-11-4-5-21(18,19)9-11/h2-3,6,11H,4-5,7-9H2,1H3,(H,16,17). The molecule has 1 heterocycles. The van der Waals surface area contributed by atoms with E-state index in [-0.39, 0.29) is 29.9 Å². The molecule has 1 N–H and O–H groups in total. The summed E-state index contributed by atoms with van der Waals surface area (Å²) in [4.78, 5) is 11.7. The molecule has 0 radical (unpaired) electrons. The van der Waals surface area contributed by atoms with E-state index >= 15 is 0 Å². The SMILES string of the molecule is Cc1ccc(Cl)c(OCC(=O)NCC2CCS(=O)(=O)C2)c1. The third kappa shape index (κ3) is 4.89. The second-order valence-corrected chi connectivity index (χ2v) is 7.93. The van der Waals surface area contributed by atoms with Crippen molar-refractivity contribution in [3.05, 3.63) is 28.8 Å². The van der Waals surface area contributed by atoms with Crippen LogP contribution in [0.5, 0.6) is 5.75 Å². The highest BCUT2D eigenvalue weighted by atomic mass is 35.5. The van der Waals surface area contributed by atoms with Crippen molar-refractivity contribution in [3.8, 4) is 5.75 Å². The molecule has 1 unspecified atom stereocenters. The molecule has 5 nitrogen and oxygen atoms in total. The van der Waals surface area contributed by atoms with Gasteiger partial charge in [-0.3, -0.25) is 4.79 Å².